The summed E-state index contributed by atoms with van der Waals surface area (Å²) in [7, 11) is 1.34. The van der Waals surface area contributed by atoms with E-state index in [2.05, 4.69) is 16.9 Å². The number of carboxylic acids is 1. The van der Waals surface area contributed by atoms with Crippen molar-refractivity contribution in [1.82, 2.24) is 10.2 Å². The summed E-state index contributed by atoms with van der Waals surface area (Å²) in [6.07, 6.45) is 7.76. The van der Waals surface area contributed by atoms with Gasteiger partial charge in [-0.05, 0) is 47.9 Å². The minimum atomic E-state index is -1.21. The maximum atomic E-state index is 14.0. The van der Waals surface area contributed by atoms with Gasteiger partial charge < -0.3 is 19.9 Å². The van der Waals surface area contributed by atoms with Crippen LogP contribution in [0.4, 0.5) is 0 Å². The predicted molar refractivity (Wildman–Crippen MR) is 187 cm³/mol. The minimum absolute atomic E-state index is 0.00541. The summed E-state index contributed by atoms with van der Waals surface area (Å²) in [6, 6.07) is 21.5. The molecular weight excluding hydrogens is 654 g/mol. The summed E-state index contributed by atoms with van der Waals surface area (Å²) in [5.41, 5.74) is 2.20. The molecule has 0 spiro atoms. The average molecular weight is 686 g/mol. The lowest BCUT2D eigenvalue weighted by Gasteiger charge is -2.28. The second-order valence-electron chi connectivity index (χ2n) is 10.0. The van der Waals surface area contributed by atoms with Crippen LogP contribution in [0.2, 0.25) is 5.02 Å². The van der Waals surface area contributed by atoms with Crippen molar-refractivity contribution in [1.29, 1.82) is 0 Å². The van der Waals surface area contributed by atoms with Gasteiger partial charge in [-0.25, -0.2) is 4.79 Å². The van der Waals surface area contributed by atoms with E-state index in [1.54, 1.807) is 25.2 Å². The lowest BCUT2D eigenvalue weighted by atomic mass is 9.99. The molecule has 1 aliphatic heterocycles. The first-order valence-electron chi connectivity index (χ1n) is 14.6. The van der Waals surface area contributed by atoms with Crippen molar-refractivity contribution >= 4 is 58.3 Å². The van der Waals surface area contributed by atoms with Gasteiger partial charge >= 0.3 is 5.97 Å². The molecule has 3 aromatic rings. The van der Waals surface area contributed by atoms with Crippen LogP contribution in [0.1, 0.15) is 29.7 Å². The smallest absolute Gasteiger partial charge is 0.341 e. The number of allylic oxidation sites excluding steroid dienone is 4. The molecular formula is C36H32ClN3O7S. The molecule has 3 amide bonds. The van der Waals surface area contributed by atoms with E-state index in [-0.39, 0.29) is 38.9 Å². The quantitative estimate of drug-likeness (QED) is 0.123. The Morgan fingerprint density at radius 3 is 2.29 bits per heavy atom. The van der Waals surface area contributed by atoms with Gasteiger partial charge in [-0.2, -0.15) is 4.99 Å². The number of amides is 3. The van der Waals surface area contributed by atoms with E-state index < -0.39 is 30.4 Å². The highest BCUT2D eigenvalue weighted by Gasteiger charge is 2.35. The number of carboxylic acid groups (broad SMARTS) is 1. The van der Waals surface area contributed by atoms with E-state index in [4.69, 9.17) is 26.2 Å². The number of hydrogen-bond donors (Lipinski definition) is 2. The fraction of sp³-hybridized carbons (Fsp3) is 0.139. The molecule has 10 nitrogen and oxygen atoms in total. The van der Waals surface area contributed by atoms with E-state index in [1.165, 1.54) is 36.3 Å². The molecule has 0 radical (unpaired) electrons. The molecule has 0 atom stereocenters. The third kappa shape index (κ3) is 8.90. The Bertz CT molecular complexity index is 1780. The van der Waals surface area contributed by atoms with Gasteiger partial charge in [0.15, 0.2) is 23.3 Å². The van der Waals surface area contributed by atoms with Crippen molar-refractivity contribution in [2.24, 2.45) is 4.99 Å². The van der Waals surface area contributed by atoms with Gasteiger partial charge in [-0.1, -0.05) is 109 Å². The summed E-state index contributed by atoms with van der Waals surface area (Å²) in [5.74, 6) is -3.10. The highest BCUT2D eigenvalue weighted by Crippen LogP contribution is 2.37. The summed E-state index contributed by atoms with van der Waals surface area (Å²) in [6.45, 7) is 4.75. The second-order valence-corrected chi connectivity index (χ2v) is 11.4. The summed E-state index contributed by atoms with van der Waals surface area (Å²) in [5, 5.41) is 12.1. The topological polar surface area (TPSA) is 135 Å². The minimum Gasteiger partial charge on any atom is -0.493 e. The van der Waals surface area contributed by atoms with E-state index in [0.717, 1.165) is 22.9 Å². The number of nitrogens with zero attached hydrogens (tertiary/aromatic N) is 2. The molecule has 0 unspecified atom stereocenters. The summed E-state index contributed by atoms with van der Waals surface area (Å²) in [4.78, 5) is 57.1. The van der Waals surface area contributed by atoms with Crippen LogP contribution in [0, 0.1) is 0 Å². The zero-order valence-corrected chi connectivity index (χ0v) is 27.7. The Balaban J connectivity index is 1.64. The number of carbonyl (C=O) groups is 4. The van der Waals surface area contributed by atoms with Gasteiger partial charge in [0.1, 0.15) is 5.57 Å². The van der Waals surface area contributed by atoms with E-state index in [1.807, 2.05) is 60.7 Å². The van der Waals surface area contributed by atoms with Gasteiger partial charge in [0.05, 0.1) is 23.9 Å². The van der Waals surface area contributed by atoms with Crippen LogP contribution >= 0.6 is 23.4 Å². The Morgan fingerprint density at radius 1 is 1.08 bits per heavy atom. The summed E-state index contributed by atoms with van der Waals surface area (Å²) < 4.78 is 10.6. The van der Waals surface area contributed by atoms with Gasteiger partial charge in [-0.15, -0.1) is 0 Å². The average Bonchev–Trinajstić information content (AvgIpc) is 3.09. The van der Waals surface area contributed by atoms with Crippen molar-refractivity contribution in [3.63, 3.8) is 0 Å². The zero-order chi connectivity index (χ0) is 34.6. The van der Waals surface area contributed by atoms with Crippen LogP contribution in [0.15, 0.2) is 120 Å². The number of aliphatic carboxylic acids is 1. The molecule has 246 valence electrons. The van der Waals surface area contributed by atoms with Crippen LogP contribution in [0.5, 0.6) is 11.5 Å². The van der Waals surface area contributed by atoms with Crippen LogP contribution in [0.3, 0.4) is 0 Å². The van der Waals surface area contributed by atoms with Gasteiger partial charge in [0.2, 0.25) is 5.91 Å². The number of rotatable bonds is 13. The van der Waals surface area contributed by atoms with E-state index in [0.29, 0.717) is 11.3 Å². The van der Waals surface area contributed by atoms with E-state index >= 15 is 0 Å². The first-order valence-corrected chi connectivity index (χ1v) is 15.9. The number of amidine groups is 1. The molecule has 48 heavy (non-hydrogen) atoms. The molecule has 3 aromatic carbocycles. The summed E-state index contributed by atoms with van der Waals surface area (Å²) >= 11 is 7.30. The van der Waals surface area contributed by atoms with Crippen LogP contribution in [-0.4, -0.2) is 58.3 Å². The van der Waals surface area contributed by atoms with Gasteiger partial charge in [0, 0.05) is 5.70 Å². The largest absolute Gasteiger partial charge is 0.493 e. The molecule has 2 N–H and O–H groups in total. The maximum Gasteiger partial charge on any atom is 0.341 e. The SMILES string of the molecule is C=C/C=C\C(=C/C)N1C(=O)/C(=C/c2cc(Cl)c(OCC(=O)O)c(OC)c2)C(=O)N=C1SCC(=O)NC(c1ccccc1)c1ccccc1. The number of aliphatic imine (C=N–C) groups is 1. The first-order chi connectivity index (χ1) is 23.2. The van der Waals surface area contributed by atoms with Crippen LogP contribution in [-0.2, 0) is 19.2 Å². The lowest BCUT2D eigenvalue weighted by molar-refractivity contribution is -0.139. The molecule has 12 heteroatoms. The monoisotopic (exact) mass is 685 g/mol. The standard InChI is InChI=1S/C36H32ClN3O7S/c1-4-6-17-26(5-2)40-35(45)27(18-23-19-28(37)33(29(20-23)46-3)47-21-31(42)43)34(44)39-36(40)48-22-30(41)38-32(24-13-9-7-10-14-24)25-15-11-8-12-16-25/h4-20,32H,1,21-22H2,2-3H3,(H,38,41)(H,42,43)/b17-6-,26-5+,27-18+. The van der Waals surface area contributed by atoms with Crippen molar-refractivity contribution in [2.75, 3.05) is 19.5 Å². The number of halogens is 1. The highest BCUT2D eigenvalue weighted by atomic mass is 35.5. The normalized spacial score (nSPS) is 14.3. The van der Waals surface area contributed by atoms with E-state index in [9.17, 15) is 19.2 Å². The van der Waals surface area contributed by atoms with Crippen LogP contribution < -0.4 is 14.8 Å². The Hall–Kier alpha value is -5.39. The number of thioether (sulfide) groups is 1. The van der Waals surface area contributed by atoms with Gasteiger partial charge in [-0.3, -0.25) is 19.3 Å². The predicted octanol–water partition coefficient (Wildman–Crippen LogP) is 6.21. The van der Waals surface area contributed by atoms with Crippen LogP contribution in [0.25, 0.3) is 6.08 Å². The molecule has 0 fully saturated rings. The number of nitrogens with one attached hydrogen (secondary N) is 1. The Labute approximate surface area is 287 Å². The fourth-order valence-electron chi connectivity index (χ4n) is 4.66. The molecule has 1 aliphatic rings. The molecule has 0 saturated carbocycles. The maximum absolute atomic E-state index is 14.0. The molecule has 0 bridgehead atoms. The number of carbonyl (C=O) groups excluding carboxylic acids is 3. The van der Waals surface area contributed by atoms with Gasteiger partial charge in [0.25, 0.3) is 11.8 Å². The fourth-order valence-corrected chi connectivity index (χ4v) is 5.74. The number of benzene rings is 3. The third-order valence-corrected chi connectivity index (χ3v) is 8.04. The first kappa shape index (κ1) is 35.5. The highest BCUT2D eigenvalue weighted by molar-refractivity contribution is 8.14. The van der Waals surface area contributed by atoms with Crippen molar-refractivity contribution < 1.29 is 33.8 Å². The Morgan fingerprint density at radius 2 is 1.73 bits per heavy atom. The van der Waals surface area contributed by atoms with Crippen molar-refractivity contribution in [3.8, 4) is 11.5 Å². The Kier molecular flexibility index (Phi) is 12.5. The lowest BCUT2D eigenvalue weighted by Crippen LogP contribution is -2.42. The molecule has 0 aliphatic carbocycles. The molecule has 0 aromatic heterocycles. The number of hydrogen-bond acceptors (Lipinski definition) is 7. The molecule has 4 rings (SSSR count). The second kappa shape index (κ2) is 17.0. The number of methoxy groups -OCH3 is 1. The van der Waals surface area contributed by atoms with Crippen molar-refractivity contribution in [3.05, 3.63) is 137 Å². The zero-order valence-electron chi connectivity index (χ0n) is 26.1. The number of ether oxygens (including phenoxy) is 2. The third-order valence-electron chi connectivity index (χ3n) is 6.82. The molecule has 0 saturated heterocycles. The van der Waals surface area contributed by atoms with Crippen molar-refractivity contribution in [2.45, 2.75) is 13.0 Å². The molecule has 1 heterocycles.